The highest BCUT2D eigenvalue weighted by molar-refractivity contribution is 5.24. The molecule has 1 aromatic rings. The van der Waals surface area contributed by atoms with Gasteiger partial charge in [0.1, 0.15) is 0 Å². The number of aryl methyl sites for hydroxylation is 1. The third kappa shape index (κ3) is 3.30. The molecule has 0 aliphatic carbocycles. The summed E-state index contributed by atoms with van der Waals surface area (Å²) in [6, 6.07) is 0. The zero-order valence-corrected chi connectivity index (χ0v) is 11.4. The van der Waals surface area contributed by atoms with Crippen molar-refractivity contribution >= 4 is 0 Å². The Morgan fingerprint density at radius 1 is 1.53 bits per heavy atom. The Labute approximate surface area is 111 Å². The number of alkyl halides is 2. The van der Waals surface area contributed by atoms with Crippen LogP contribution in [0.2, 0.25) is 0 Å². The molecule has 0 bridgehead atoms. The first-order valence-corrected chi connectivity index (χ1v) is 6.57. The molecule has 1 saturated heterocycles. The average molecular weight is 273 g/mol. The summed E-state index contributed by atoms with van der Waals surface area (Å²) in [5, 5.41) is 4.44. The van der Waals surface area contributed by atoms with Crippen LogP contribution in [0.25, 0.3) is 0 Å². The minimum absolute atomic E-state index is 0.144. The molecule has 0 aromatic carbocycles. The molecule has 0 amide bonds. The van der Waals surface area contributed by atoms with Crippen LogP contribution >= 0.6 is 0 Å². The molecule has 1 aliphatic rings. The van der Waals surface area contributed by atoms with E-state index >= 15 is 0 Å². The molecule has 4 nitrogen and oxygen atoms in total. The maximum atomic E-state index is 12.9. The van der Waals surface area contributed by atoms with Crippen LogP contribution in [-0.4, -0.2) is 35.0 Å². The van der Waals surface area contributed by atoms with E-state index in [-0.39, 0.29) is 6.42 Å². The third-order valence-electron chi connectivity index (χ3n) is 3.62. The van der Waals surface area contributed by atoms with Crippen molar-refractivity contribution in [2.24, 2.45) is 12.8 Å². The fourth-order valence-electron chi connectivity index (χ4n) is 2.49. The second kappa shape index (κ2) is 5.54. The molecule has 1 aromatic heterocycles. The highest BCUT2D eigenvalue weighted by Gasteiger charge is 2.33. The van der Waals surface area contributed by atoms with Gasteiger partial charge in [0.25, 0.3) is 6.43 Å². The van der Waals surface area contributed by atoms with Crippen LogP contribution < -0.4 is 5.73 Å². The molecule has 1 unspecified atom stereocenters. The smallest absolute Gasteiger partial charge is 0.256 e. The third-order valence-corrected chi connectivity index (χ3v) is 3.62. The lowest BCUT2D eigenvalue weighted by molar-refractivity contribution is 0.0632. The fourth-order valence-corrected chi connectivity index (χ4v) is 2.49. The first-order chi connectivity index (χ1) is 8.90. The first-order valence-electron chi connectivity index (χ1n) is 6.57. The van der Waals surface area contributed by atoms with Gasteiger partial charge in [0, 0.05) is 32.4 Å². The van der Waals surface area contributed by atoms with Crippen molar-refractivity contribution < 1.29 is 13.5 Å². The van der Waals surface area contributed by atoms with Crippen molar-refractivity contribution in [3.05, 3.63) is 17.5 Å². The number of rotatable bonds is 4. The van der Waals surface area contributed by atoms with Crippen molar-refractivity contribution in [3.8, 4) is 0 Å². The molecule has 1 aliphatic heterocycles. The van der Waals surface area contributed by atoms with Gasteiger partial charge in [0.2, 0.25) is 0 Å². The van der Waals surface area contributed by atoms with Crippen LogP contribution in [-0.2, 0) is 18.2 Å². The highest BCUT2D eigenvalue weighted by Crippen LogP contribution is 2.30. The lowest BCUT2D eigenvalue weighted by Crippen LogP contribution is -2.46. The molecule has 1 fully saturated rings. The predicted octanol–water partition coefficient (Wildman–Crippen LogP) is 1.84. The van der Waals surface area contributed by atoms with Gasteiger partial charge in [-0.05, 0) is 31.7 Å². The maximum Gasteiger partial charge on any atom is 0.256 e. The zero-order valence-electron chi connectivity index (χ0n) is 11.4. The van der Waals surface area contributed by atoms with Gasteiger partial charge in [-0.1, -0.05) is 0 Å². The Morgan fingerprint density at radius 3 is 2.74 bits per heavy atom. The summed E-state index contributed by atoms with van der Waals surface area (Å²) in [6.45, 7) is 2.79. The number of hydrogen-bond acceptors (Lipinski definition) is 3. The molecule has 2 N–H and O–H groups in total. The Balaban J connectivity index is 2.20. The minimum Gasteiger partial charge on any atom is -0.381 e. The number of aromatic nitrogens is 2. The van der Waals surface area contributed by atoms with E-state index < -0.39 is 12.0 Å². The molecule has 19 heavy (non-hydrogen) atoms. The zero-order chi connectivity index (χ0) is 14.0. The summed E-state index contributed by atoms with van der Waals surface area (Å²) in [6.07, 6.45) is 1.18. The number of nitrogens with zero attached hydrogens (tertiary/aromatic N) is 2. The predicted molar refractivity (Wildman–Crippen MR) is 68.3 cm³/mol. The van der Waals surface area contributed by atoms with E-state index in [1.54, 1.807) is 10.9 Å². The van der Waals surface area contributed by atoms with Crippen molar-refractivity contribution in [2.75, 3.05) is 13.2 Å². The van der Waals surface area contributed by atoms with E-state index in [4.69, 9.17) is 10.5 Å². The number of ether oxygens (including phenoxy) is 1. The van der Waals surface area contributed by atoms with Crippen LogP contribution in [0, 0.1) is 0 Å². The van der Waals surface area contributed by atoms with Crippen molar-refractivity contribution in [1.82, 2.24) is 9.78 Å². The molecule has 108 valence electrons. The van der Waals surface area contributed by atoms with Crippen molar-refractivity contribution in [1.29, 1.82) is 0 Å². The Bertz CT molecular complexity index is 426. The van der Waals surface area contributed by atoms with Crippen LogP contribution in [0.3, 0.4) is 0 Å². The monoisotopic (exact) mass is 273 g/mol. The van der Waals surface area contributed by atoms with Gasteiger partial charge < -0.3 is 10.5 Å². The maximum absolute atomic E-state index is 12.9. The van der Waals surface area contributed by atoms with Crippen LogP contribution in [0.15, 0.2) is 6.20 Å². The summed E-state index contributed by atoms with van der Waals surface area (Å²) in [5.41, 5.74) is 5.92. The topological polar surface area (TPSA) is 53.1 Å². The molecule has 2 rings (SSSR count). The molecule has 1 atom stereocenters. The van der Waals surface area contributed by atoms with E-state index in [2.05, 4.69) is 5.10 Å². The Hall–Kier alpha value is -1.01. The van der Waals surface area contributed by atoms with Gasteiger partial charge >= 0.3 is 0 Å². The molecule has 0 spiro atoms. The van der Waals surface area contributed by atoms with Crippen LogP contribution in [0.4, 0.5) is 8.78 Å². The molecular formula is C13H21F2N3O. The minimum atomic E-state index is -2.55. The van der Waals surface area contributed by atoms with Gasteiger partial charge in [-0.3, -0.25) is 4.68 Å². The second-order valence-electron chi connectivity index (χ2n) is 5.58. The molecule has 6 heteroatoms. The molecule has 2 heterocycles. The van der Waals surface area contributed by atoms with Gasteiger partial charge in [-0.2, -0.15) is 5.10 Å². The van der Waals surface area contributed by atoms with E-state index in [9.17, 15) is 8.78 Å². The van der Waals surface area contributed by atoms with Gasteiger partial charge in [0.15, 0.2) is 0 Å². The van der Waals surface area contributed by atoms with Gasteiger partial charge in [-0.15, -0.1) is 0 Å². The molecular weight excluding hydrogens is 252 g/mol. The number of nitrogens with two attached hydrogens (primary N) is 1. The average Bonchev–Trinajstić information content (AvgIpc) is 2.70. The summed E-state index contributed by atoms with van der Waals surface area (Å²) < 4.78 is 32.8. The largest absolute Gasteiger partial charge is 0.381 e. The summed E-state index contributed by atoms with van der Waals surface area (Å²) in [5.74, 6) is 0.290. The quantitative estimate of drug-likeness (QED) is 0.910. The normalized spacial score (nSPS) is 20.7. The molecule has 0 saturated carbocycles. The van der Waals surface area contributed by atoms with Crippen molar-refractivity contribution in [2.45, 2.75) is 44.1 Å². The first kappa shape index (κ1) is 14.4. The SMILES string of the molecule is Cn1cc(CC(C)(N)C(F)F)c(C2CCOCC2)n1. The number of hydrogen-bond donors (Lipinski definition) is 1. The molecule has 0 radical (unpaired) electrons. The fraction of sp³-hybridized carbons (Fsp3) is 0.769. The van der Waals surface area contributed by atoms with Crippen LogP contribution in [0.1, 0.15) is 36.9 Å². The lowest BCUT2D eigenvalue weighted by Gasteiger charge is -2.25. The number of halogens is 2. The van der Waals surface area contributed by atoms with E-state index in [0.29, 0.717) is 19.1 Å². The summed E-state index contributed by atoms with van der Waals surface area (Å²) in [4.78, 5) is 0. The van der Waals surface area contributed by atoms with Crippen molar-refractivity contribution in [3.63, 3.8) is 0 Å². The van der Waals surface area contributed by atoms with E-state index in [1.807, 2.05) is 7.05 Å². The van der Waals surface area contributed by atoms with Gasteiger partial charge in [-0.25, -0.2) is 8.78 Å². The Morgan fingerprint density at radius 2 is 2.16 bits per heavy atom. The lowest BCUT2D eigenvalue weighted by atomic mass is 9.88. The van der Waals surface area contributed by atoms with Crippen LogP contribution in [0.5, 0.6) is 0 Å². The van der Waals surface area contributed by atoms with E-state index in [0.717, 1.165) is 24.1 Å². The van der Waals surface area contributed by atoms with E-state index in [1.165, 1.54) is 6.92 Å². The Kier molecular flexibility index (Phi) is 4.20. The summed E-state index contributed by atoms with van der Waals surface area (Å²) >= 11 is 0. The standard InChI is InChI=1S/C13H21F2N3O/c1-13(16,12(14)15)7-10-8-18(2)17-11(10)9-3-5-19-6-4-9/h8-9,12H,3-7,16H2,1-2H3. The van der Waals surface area contributed by atoms with Gasteiger partial charge in [0.05, 0.1) is 11.2 Å². The highest BCUT2D eigenvalue weighted by atomic mass is 19.3. The second-order valence-corrected chi connectivity index (χ2v) is 5.58. The summed E-state index contributed by atoms with van der Waals surface area (Å²) in [7, 11) is 1.81.